The number of nitrogens with one attached hydrogen (secondary N) is 1. The Bertz CT molecular complexity index is 680. The molecule has 0 aliphatic carbocycles. The Balaban J connectivity index is 2.13. The van der Waals surface area contributed by atoms with Crippen molar-refractivity contribution in [3.63, 3.8) is 0 Å². The lowest BCUT2D eigenvalue weighted by molar-refractivity contribution is -0.137. The number of hydrogen-bond donors (Lipinski definition) is 2. The van der Waals surface area contributed by atoms with E-state index in [-0.39, 0.29) is 17.1 Å². The second kappa shape index (κ2) is 5.61. The molecule has 2 rings (SSSR count). The van der Waals surface area contributed by atoms with Crippen LogP contribution in [0.4, 0.5) is 19.0 Å². The van der Waals surface area contributed by atoms with E-state index in [1.54, 1.807) is 0 Å². The van der Waals surface area contributed by atoms with E-state index in [4.69, 9.17) is 5.73 Å². The molecule has 0 spiro atoms. The number of rotatable bonds is 3. The van der Waals surface area contributed by atoms with Crippen LogP contribution in [0.25, 0.3) is 0 Å². The fraction of sp³-hybridized carbons (Fsp3) is 0.0909. The van der Waals surface area contributed by atoms with E-state index in [0.29, 0.717) is 0 Å². The van der Waals surface area contributed by atoms with Crippen molar-refractivity contribution < 1.29 is 22.6 Å². The number of carbonyl (C=O) groups is 1. The van der Waals surface area contributed by atoms with Crippen LogP contribution in [0.1, 0.15) is 21.6 Å². The number of nitrogens with two attached hydrogens (primary N) is 1. The maximum Gasteiger partial charge on any atom is 0.417 e. The van der Waals surface area contributed by atoms with Crippen LogP contribution >= 0.6 is 0 Å². The van der Waals surface area contributed by atoms with Crippen LogP contribution in [0.2, 0.25) is 0 Å². The molecule has 0 saturated heterocycles. The van der Waals surface area contributed by atoms with Gasteiger partial charge in [0.1, 0.15) is 0 Å². The number of alkyl halides is 3. The number of nitrogen functional groups attached to an aromatic ring is 1. The zero-order chi connectivity index (χ0) is 15.5. The van der Waals surface area contributed by atoms with Crippen molar-refractivity contribution in [3.05, 3.63) is 41.1 Å². The first-order chi connectivity index (χ1) is 9.89. The van der Waals surface area contributed by atoms with E-state index in [0.717, 1.165) is 12.3 Å². The summed E-state index contributed by atoms with van der Waals surface area (Å²) in [6.07, 6.45) is -3.66. The minimum absolute atomic E-state index is 0.198. The Labute approximate surface area is 115 Å². The molecule has 3 N–H and O–H groups in total. The van der Waals surface area contributed by atoms with Gasteiger partial charge in [0.25, 0.3) is 5.91 Å². The topological polar surface area (TPSA) is 106 Å². The van der Waals surface area contributed by atoms with Crippen LogP contribution in [0.3, 0.4) is 0 Å². The largest absolute Gasteiger partial charge is 0.417 e. The molecule has 21 heavy (non-hydrogen) atoms. The van der Waals surface area contributed by atoms with Gasteiger partial charge in [-0.15, -0.1) is 0 Å². The lowest BCUT2D eigenvalue weighted by Gasteiger charge is -2.08. The van der Waals surface area contributed by atoms with Gasteiger partial charge in [0.2, 0.25) is 11.5 Å². The smallest absolute Gasteiger partial charge is 0.379 e. The minimum atomic E-state index is -4.52. The molecular formula is C11H8F3N5O2. The molecule has 0 saturated carbocycles. The van der Waals surface area contributed by atoms with E-state index in [9.17, 15) is 18.0 Å². The van der Waals surface area contributed by atoms with E-state index in [2.05, 4.69) is 20.0 Å². The zero-order valence-electron chi connectivity index (χ0n) is 10.3. The monoisotopic (exact) mass is 299 g/mol. The molecule has 110 valence electrons. The van der Waals surface area contributed by atoms with Gasteiger partial charge < -0.3 is 5.73 Å². The second-order valence-corrected chi connectivity index (χ2v) is 3.78. The molecule has 0 aliphatic heterocycles. The van der Waals surface area contributed by atoms with Crippen LogP contribution in [0.5, 0.6) is 0 Å². The number of amides is 1. The summed E-state index contributed by atoms with van der Waals surface area (Å²) in [5.74, 6) is -1.10. The predicted molar refractivity (Wildman–Crippen MR) is 65.2 cm³/mol. The molecule has 0 aliphatic rings. The van der Waals surface area contributed by atoms with E-state index in [1.165, 1.54) is 18.2 Å². The van der Waals surface area contributed by atoms with Gasteiger partial charge in [0.15, 0.2) is 0 Å². The van der Waals surface area contributed by atoms with Crippen LogP contribution in [0.15, 0.2) is 34.0 Å². The van der Waals surface area contributed by atoms with Gasteiger partial charge in [-0.05, 0) is 16.4 Å². The van der Waals surface area contributed by atoms with Crippen LogP contribution < -0.4 is 11.2 Å². The maximum absolute atomic E-state index is 12.7. The van der Waals surface area contributed by atoms with Crippen molar-refractivity contribution in [2.75, 3.05) is 5.73 Å². The predicted octanol–water partition coefficient (Wildman–Crippen LogP) is 1.43. The van der Waals surface area contributed by atoms with Crippen LogP contribution in [-0.4, -0.2) is 22.4 Å². The molecule has 1 heterocycles. The highest BCUT2D eigenvalue weighted by atomic mass is 19.4. The highest BCUT2D eigenvalue weighted by molar-refractivity contribution is 5.96. The summed E-state index contributed by atoms with van der Waals surface area (Å²) in [4.78, 5) is 11.5. The van der Waals surface area contributed by atoms with E-state index >= 15 is 0 Å². The molecule has 1 aromatic carbocycles. The molecule has 0 unspecified atom stereocenters. The van der Waals surface area contributed by atoms with E-state index < -0.39 is 17.6 Å². The zero-order valence-corrected chi connectivity index (χ0v) is 10.3. The minimum Gasteiger partial charge on any atom is -0.379 e. The maximum atomic E-state index is 12.7. The summed E-state index contributed by atoms with van der Waals surface area (Å²) in [5.41, 5.74) is 5.87. The van der Waals surface area contributed by atoms with Crippen molar-refractivity contribution in [2.24, 2.45) is 5.10 Å². The van der Waals surface area contributed by atoms with Gasteiger partial charge in [-0.25, -0.2) is 10.1 Å². The van der Waals surface area contributed by atoms with Gasteiger partial charge in [-0.3, -0.25) is 4.79 Å². The van der Waals surface area contributed by atoms with Gasteiger partial charge in [0, 0.05) is 5.56 Å². The third-order valence-corrected chi connectivity index (χ3v) is 2.36. The van der Waals surface area contributed by atoms with Crippen molar-refractivity contribution in [2.45, 2.75) is 6.18 Å². The third kappa shape index (κ3) is 3.35. The standard InChI is InChI=1S/C11H8F3N5O2/c12-11(13,14)7-4-2-1-3-6(7)5-16-17-10(20)8-9(15)19-21-18-8/h1-5H,(H2,15,19)(H,17,20). The summed E-state index contributed by atoms with van der Waals surface area (Å²) in [7, 11) is 0. The Morgan fingerprint density at radius 2 is 2.05 bits per heavy atom. The highest BCUT2D eigenvalue weighted by Gasteiger charge is 2.32. The normalized spacial score (nSPS) is 11.8. The lowest BCUT2D eigenvalue weighted by Crippen LogP contribution is -2.19. The number of benzene rings is 1. The van der Waals surface area contributed by atoms with Gasteiger partial charge in [0.05, 0.1) is 11.8 Å². The Hall–Kier alpha value is -2.91. The summed E-state index contributed by atoms with van der Waals surface area (Å²) < 4.78 is 42.4. The molecule has 1 aromatic heterocycles. The molecule has 2 aromatic rings. The van der Waals surface area contributed by atoms with Crippen molar-refractivity contribution in [1.29, 1.82) is 0 Å². The summed E-state index contributed by atoms with van der Waals surface area (Å²) >= 11 is 0. The molecule has 0 atom stereocenters. The van der Waals surface area contributed by atoms with E-state index in [1.807, 2.05) is 5.43 Å². The summed E-state index contributed by atoms with van der Waals surface area (Å²) in [6.45, 7) is 0. The Kier molecular flexibility index (Phi) is 3.87. The number of hydrazone groups is 1. The van der Waals surface area contributed by atoms with Crippen molar-refractivity contribution >= 4 is 17.9 Å². The number of carbonyl (C=O) groups excluding carboxylic acids is 1. The quantitative estimate of drug-likeness (QED) is 0.658. The van der Waals surface area contributed by atoms with Crippen LogP contribution in [-0.2, 0) is 6.18 Å². The highest BCUT2D eigenvalue weighted by Crippen LogP contribution is 2.30. The Morgan fingerprint density at radius 1 is 1.33 bits per heavy atom. The number of hydrogen-bond acceptors (Lipinski definition) is 6. The third-order valence-electron chi connectivity index (χ3n) is 2.36. The lowest BCUT2D eigenvalue weighted by atomic mass is 10.1. The fourth-order valence-electron chi connectivity index (χ4n) is 1.43. The molecule has 7 nitrogen and oxygen atoms in total. The fourth-order valence-corrected chi connectivity index (χ4v) is 1.43. The first-order valence-electron chi connectivity index (χ1n) is 5.47. The first kappa shape index (κ1) is 14.5. The SMILES string of the molecule is Nc1nonc1C(=O)NN=Cc1ccccc1C(F)(F)F. The average Bonchev–Trinajstić information content (AvgIpc) is 2.84. The first-order valence-corrected chi connectivity index (χ1v) is 5.47. The van der Waals surface area contributed by atoms with Gasteiger partial charge >= 0.3 is 6.18 Å². The number of halogens is 3. The number of anilines is 1. The van der Waals surface area contributed by atoms with Crippen molar-refractivity contribution in [1.82, 2.24) is 15.7 Å². The molecule has 0 bridgehead atoms. The molecule has 0 radical (unpaired) electrons. The number of nitrogens with zero attached hydrogens (tertiary/aromatic N) is 3. The molecular weight excluding hydrogens is 291 g/mol. The molecule has 1 amide bonds. The number of aromatic nitrogens is 2. The van der Waals surface area contributed by atoms with Crippen LogP contribution in [0, 0.1) is 0 Å². The Morgan fingerprint density at radius 3 is 2.67 bits per heavy atom. The molecule has 0 fully saturated rings. The summed E-state index contributed by atoms with van der Waals surface area (Å²) in [6, 6.07) is 4.78. The summed E-state index contributed by atoms with van der Waals surface area (Å²) in [5, 5.41) is 9.82. The van der Waals surface area contributed by atoms with Crippen molar-refractivity contribution in [3.8, 4) is 0 Å². The molecule has 10 heteroatoms. The average molecular weight is 299 g/mol. The van der Waals surface area contributed by atoms with Gasteiger partial charge in [-0.2, -0.15) is 18.3 Å². The second-order valence-electron chi connectivity index (χ2n) is 3.78. The van der Waals surface area contributed by atoms with Gasteiger partial charge in [-0.1, -0.05) is 18.2 Å².